The first-order valence-corrected chi connectivity index (χ1v) is 13.5. The van der Waals surface area contributed by atoms with Gasteiger partial charge < -0.3 is 25.6 Å². The van der Waals surface area contributed by atoms with Crippen LogP contribution in [0, 0.1) is 6.92 Å². The molecular formula is C28H38ClN7O. The van der Waals surface area contributed by atoms with Crippen molar-refractivity contribution in [1.29, 1.82) is 0 Å². The normalized spacial score (nSPS) is 14.1. The first kappa shape index (κ1) is 26.8. The van der Waals surface area contributed by atoms with Crippen LogP contribution in [-0.2, 0) is 0 Å². The largest absolute Gasteiger partial charge is 0.495 e. The van der Waals surface area contributed by atoms with E-state index in [2.05, 4.69) is 52.0 Å². The molecule has 0 saturated heterocycles. The molecule has 1 aromatic heterocycles. The van der Waals surface area contributed by atoms with Gasteiger partial charge in [-0.3, -0.25) is 0 Å². The van der Waals surface area contributed by atoms with Crippen LogP contribution in [0.25, 0.3) is 0 Å². The van der Waals surface area contributed by atoms with Crippen molar-refractivity contribution < 1.29 is 4.74 Å². The molecule has 0 spiro atoms. The highest BCUT2D eigenvalue weighted by atomic mass is 35.5. The van der Waals surface area contributed by atoms with Crippen LogP contribution >= 0.6 is 11.6 Å². The summed E-state index contributed by atoms with van der Waals surface area (Å²) in [6.45, 7) is 3.77. The zero-order chi connectivity index (χ0) is 26.0. The van der Waals surface area contributed by atoms with E-state index in [1.54, 1.807) is 7.11 Å². The van der Waals surface area contributed by atoms with Gasteiger partial charge in [0.15, 0.2) is 0 Å². The summed E-state index contributed by atoms with van der Waals surface area (Å²) in [6.07, 6.45) is 8.28. The Morgan fingerprint density at radius 3 is 2.49 bits per heavy atom. The summed E-state index contributed by atoms with van der Waals surface area (Å²) in [4.78, 5) is 16.3. The molecule has 0 unspecified atom stereocenters. The number of ether oxygens (including phenoxy) is 1. The van der Waals surface area contributed by atoms with Crippen molar-refractivity contribution in [3.05, 3.63) is 53.1 Å². The number of halogens is 1. The van der Waals surface area contributed by atoms with Crippen LogP contribution in [0.2, 0.25) is 5.02 Å². The van der Waals surface area contributed by atoms with Crippen molar-refractivity contribution >= 4 is 40.8 Å². The van der Waals surface area contributed by atoms with Gasteiger partial charge in [0.1, 0.15) is 5.75 Å². The fourth-order valence-corrected chi connectivity index (χ4v) is 4.80. The van der Waals surface area contributed by atoms with Gasteiger partial charge in [0.2, 0.25) is 17.8 Å². The van der Waals surface area contributed by atoms with Gasteiger partial charge in [0, 0.05) is 37.6 Å². The Hall–Kier alpha value is -3.26. The third kappa shape index (κ3) is 8.12. The molecule has 8 nitrogen and oxygen atoms in total. The summed E-state index contributed by atoms with van der Waals surface area (Å²) in [7, 11) is 3.62. The Bertz CT molecular complexity index is 1150. The number of rotatable bonds is 11. The van der Waals surface area contributed by atoms with Crippen molar-refractivity contribution in [2.24, 2.45) is 0 Å². The zero-order valence-electron chi connectivity index (χ0n) is 22.1. The van der Waals surface area contributed by atoms with Crippen LogP contribution in [0.5, 0.6) is 5.75 Å². The summed E-state index contributed by atoms with van der Waals surface area (Å²) in [5.74, 6) is 2.33. The SMILES string of the molecule is COc1ccc(Nc2nc(NC3CCCCCC3)nc(N(C)CCCNc3cccc(C)c3)n2)cc1Cl. The van der Waals surface area contributed by atoms with Crippen LogP contribution < -0.4 is 25.6 Å². The molecule has 1 fully saturated rings. The van der Waals surface area contributed by atoms with E-state index >= 15 is 0 Å². The number of anilines is 5. The highest BCUT2D eigenvalue weighted by Crippen LogP contribution is 2.29. The van der Waals surface area contributed by atoms with Crippen molar-refractivity contribution in [2.45, 2.75) is 57.9 Å². The average Bonchev–Trinajstić information content (AvgIpc) is 3.15. The van der Waals surface area contributed by atoms with Crippen LogP contribution in [0.1, 0.15) is 50.5 Å². The molecule has 0 atom stereocenters. The van der Waals surface area contributed by atoms with E-state index < -0.39 is 0 Å². The Morgan fingerprint density at radius 1 is 0.973 bits per heavy atom. The summed E-state index contributed by atoms with van der Waals surface area (Å²) in [5.41, 5.74) is 3.18. The summed E-state index contributed by atoms with van der Waals surface area (Å²) in [5, 5.41) is 10.9. The van der Waals surface area contributed by atoms with Crippen molar-refractivity contribution in [3.8, 4) is 5.75 Å². The minimum atomic E-state index is 0.380. The second-order valence-electron chi connectivity index (χ2n) is 9.66. The maximum atomic E-state index is 6.33. The summed E-state index contributed by atoms with van der Waals surface area (Å²) in [6, 6.07) is 14.3. The molecule has 9 heteroatoms. The van der Waals surface area contributed by atoms with Gasteiger partial charge in [0.25, 0.3) is 0 Å². The van der Waals surface area contributed by atoms with Crippen LogP contribution in [0.15, 0.2) is 42.5 Å². The minimum absolute atomic E-state index is 0.380. The van der Waals surface area contributed by atoms with Crippen molar-refractivity contribution in [3.63, 3.8) is 0 Å². The average molecular weight is 524 g/mol. The van der Waals surface area contributed by atoms with E-state index in [4.69, 9.17) is 31.3 Å². The smallest absolute Gasteiger partial charge is 0.233 e. The maximum absolute atomic E-state index is 6.33. The lowest BCUT2D eigenvalue weighted by Crippen LogP contribution is -2.25. The molecule has 37 heavy (non-hydrogen) atoms. The highest BCUT2D eigenvalue weighted by molar-refractivity contribution is 6.32. The predicted octanol–water partition coefficient (Wildman–Crippen LogP) is 6.66. The fourth-order valence-electron chi connectivity index (χ4n) is 4.54. The number of hydrogen-bond donors (Lipinski definition) is 3. The lowest BCUT2D eigenvalue weighted by molar-refractivity contribution is 0.415. The molecule has 0 aliphatic heterocycles. The molecule has 1 aliphatic carbocycles. The van der Waals surface area contributed by atoms with Gasteiger partial charge in [-0.15, -0.1) is 0 Å². The Labute approximate surface area is 225 Å². The number of aromatic nitrogens is 3. The Morgan fingerprint density at radius 2 is 1.76 bits per heavy atom. The predicted molar refractivity (Wildman–Crippen MR) is 154 cm³/mol. The van der Waals surface area contributed by atoms with Crippen LogP contribution in [0.3, 0.4) is 0 Å². The number of benzene rings is 2. The third-order valence-electron chi connectivity index (χ3n) is 6.58. The molecule has 0 amide bonds. The number of hydrogen-bond acceptors (Lipinski definition) is 8. The fraction of sp³-hybridized carbons (Fsp3) is 0.464. The van der Waals surface area contributed by atoms with E-state index in [0.29, 0.717) is 34.7 Å². The van der Waals surface area contributed by atoms with E-state index in [1.165, 1.54) is 31.2 Å². The maximum Gasteiger partial charge on any atom is 0.233 e. The molecule has 1 saturated carbocycles. The molecule has 0 bridgehead atoms. The van der Waals surface area contributed by atoms with Gasteiger partial charge in [-0.05, 0) is 62.1 Å². The first-order chi connectivity index (χ1) is 18.0. The molecule has 3 aromatic rings. The lowest BCUT2D eigenvalue weighted by atomic mass is 10.1. The summed E-state index contributed by atoms with van der Waals surface area (Å²) >= 11 is 6.33. The number of nitrogens with one attached hydrogen (secondary N) is 3. The minimum Gasteiger partial charge on any atom is -0.495 e. The molecule has 0 radical (unpaired) electrons. The standard InChI is InChI=1S/C28H38ClN7O/c1-20-10-8-13-22(18-20)30-16-9-17-36(2)28-34-26(31-21-11-6-4-5-7-12-21)33-27(35-28)32-23-14-15-25(37-3)24(29)19-23/h8,10,13-15,18-19,21,30H,4-7,9,11-12,16-17H2,1-3H3,(H2,31,32,33,34,35). The molecule has 2 aromatic carbocycles. The molecular weight excluding hydrogens is 486 g/mol. The van der Waals surface area contributed by atoms with Crippen LogP contribution in [0.4, 0.5) is 29.2 Å². The number of aryl methyl sites for hydroxylation is 1. The third-order valence-corrected chi connectivity index (χ3v) is 6.87. The quantitative estimate of drug-likeness (QED) is 0.190. The van der Waals surface area contributed by atoms with Gasteiger partial charge in [-0.25, -0.2) is 0 Å². The Balaban J connectivity index is 1.46. The first-order valence-electron chi connectivity index (χ1n) is 13.1. The number of methoxy groups -OCH3 is 1. The highest BCUT2D eigenvalue weighted by Gasteiger charge is 2.16. The second kappa shape index (κ2) is 13.3. The van der Waals surface area contributed by atoms with E-state index in [9.17, 15) is 0 Å². The topological polar surface area (TPSA) is 87.2 Å². The second-order valence-corrected chi connectivity index (χ2v) is 10.1. The monoisotopic (exact) mass is 523 g/mol. The van der Waals surface area contributed by atoms with Crippen molar-refractivity contribution in [2.75, 3.05) is 48.1 Å². The Kier molecular flexibility index (Phi) is 9.65. The molecule has 4 rings (SSSR count). The van der Waals surface area contributed by atoms with E-state index in [-0.39, 0.29) is 0 Å². The zero-order valence-corrected chi connectivity index (χ0v) is 22.8. The van der Waals surface area contributed by atoms with Crippen molar-refractivity contribution in [1.82, 2.24) is 15.0 Å². The summed E-state index contributed by atoms with van der Waals surface area (Å²) < 4.78 is 5.27. The van der Waals surface area contributed by atoms with Gasteiger partial charge in [-0.1, -0.05) is 49.4 Å². The molecule has 1 heterocycles. The van der Waals surface area contributed by atoms with E-state index in [1.807, 2.05) is 25.2 Å². The van der Waals surface area contributed by atoms with Gasteiger partial charge >= 0.3 is 0 Å². The lowest BCUT2D eigenvalue weighted by Gasteiger charge is -2.21. The van der Waals surface area contributed by atoms with Gasteiger partial charge in [-0.2, -0.15) is 15.0 Å². The molecule has 1 aliphatic rings. The van der Waals surface area contributed by atoms with Crippen LogP contribution in [-0.4, -0.2) is 48.2 Å². The molecule has 3 N–H and O–H groups in total. The number of nitrogens with zero attached hydrogens (tertiary/aromatic N) is 4. The molecule has 198 valence electrons. The van der Waals surface area contributed by atoms with Gasteiger partial charge in [0.05, 0.1) is 12.1 Å². The van der Waals surface area contributed by atoms with E-state index in [0.717, 1.165) is 43.7 Å².